The molecule has 1 unspecified atom stereocenters. The molecule has 0 spiro atoms. The highest BCUT2D eigenvalue weighted by molar-refractivity contribution is 7.80. The molecule has 0 aromatic heterocycles. The molecule has 0 bridgehead atoms. The van der Waals surface area contributed by atoms with Gasteiger partial charge in [0.05, 0.1) is 31.9 Å². The Bertz CT molecular complexity index is 1090. The van der Waals surface area contributed by atoms with E-state index in [9.17, 15) is 19.2 Å². The standard InChI is InChI=1S/C22H20ClN3O6S/c1-31-19(28)12-25-17(20(29)26(22(25)33)16-9-5-14(23)6-10-16)11-18(27)24-15-7-3-13(4-8-15)21(30)32-2/h3-10,17H,11-12H2,1-2H3,(H,24,27). The molecule has 33 heavy (non-hydrogen) atoms. The van der Waals surface area contributed by atoms with Crippen molar-refractivity contribution in [2.75, 3.05) is 31.0 Å². The number of nitrogens with one attached hydrogen (secondary N) is 1. The van der Waals surface area contributed by atoms with E-state index in [1.807, 2.05) is 0 Å². The van der Waals surface area contributed by atoms with Crippen LogP contribution in [0.2, 0.25) is 5.02 Å². The van der Waals surface area contributed by atoms with Crippen LogP contribution >= 0.6 is 23.8 Å². The number of hydrogen-bond acceptors (Lipinski definition) is 7. The van der Waals surface area contributed by atoms with Crippen molar-refractivity contribution in [1.82, 2.24) is 4.90 Å². The molecule has 0 saturated carbocycles. The lowest BCUT2D eigenvalue weighted by atomic mass is 10.1. The molecule has 2 aromatic carbocycles. The number of halogens is 1. The van der Waals surface area contributed by atoms with E-state index in [-0.39, 0.29) is 18.1 Å². The summed E-state index contributed by atoms with van der Waals surface area (Å²) in [5.41, 5.74) is 1.22. The number of amides is 2. The van der Waals surface area contributed by atoms with Gasteiger partial charge in [0.25, 0.3) is 5.91 Å². The minimum Gasteiger partial charge on any atom is -0.468 e. The quantitative estimate of drug-likeness (QED) is 0.467. The Kier molecular flexibility index (Phi) is 7.62. The van der Waals surface area contributed by atoms with E-state index in [1.54, 1.807) is 24.3 Å². The van der Waals surface area contributed by atoms with Crippen molar-refractivity contribution in [3.8, 4) is 0 Å². The van der Waals surface area contributed by atoms with Gasteiger partial charge in [0.15, 0.2) is 5.11 Å². The predicted molar refractivity (Wildman–Crippen MR) is 125 cm³/mol. The van der Waals surface area contributed by atoms with Crippen molar-refractivity contribution < 1.29 is 28.7 Å². The predicted octanol–water partition coefficient (Wildman–Crippen LogP) is 2.63. The van der Waals surface area contributed by atoms with E-state index in [4.69, 9.17) is 28.6 Å². The van der Waals surface area contributed by atoms with E-state index >= 15 is 0 Å². The smallest absolute Gasteiger partial charge is 0.337 e. The van der Waals surface area contributed by atoms with Gasteiger partial charge in [0.1, 0.15) is 12.6 Å². The van der Waals surface area contributed by atoms with E-state index in [2.05, 4.69) is 10.1 Å². The third-order valence-electron chi connectivity index (χ3n) is 4.90. The van der Waals surface area contributed by atoms with Gasteiger partial charge in [-0.15, -0.1) is 0 Å². The number of carbonyl (C=O) groups excluding carboxylic acids is 4. The first-order valence-corrected chi connectivity index (χ1v) is 10.5. The van der Waals surface area contributed by atoms with Crippen LogP contribution in [0.1, 0.15) is 16.8 Å². The normalized spacial score (nSPS) is 15.4. The number of anilines is 2. The number of benzene rings is 2. The molecule has 1 aliphatic heterocycles. The van der Waals surface area contributed by atoms with Crippen LogP contribution in [0.5, 0.6) is 0 Å². The summed E-state index contributed by atoms with van der Waals surface area (Å²) in [6.07, 6.45) is -0.265. The van der Waals surface area contributed by atoms with Gasteiger partial charge in [0, 0.05) is 10.7 Å². The number of esters is 2. The summed E-state index contributed by atoms with van der Waals surface area (Å²) in [6.45, 7) is -0.295. The molecule has 0 aliphatic carbocycles. The summed E-state index contributed by atoms with van der Waals surface area (Å²) < 4.78 is 9.36. The molecule has 1 N–H and O–H groups in total. The van der Waals surface area contributed by atoms with Gasteiger partial charge < -0.3 is 19.7 Å². The molecule has 1 heterocycles. The number of methoxy groups -OCH3 is 2. The number of nitrogens with zero attached hydrogens (tertiary/aromatic N) is 2. The molecule has 2 amide bonds. The molecule has 11 heteroatoms. The molecule has 1 aliphatic rings. The maximum absolute atomic E-state index is 13.2. The number of thiocarbonyl (C=S) groups is 1. The number of hydrogen-bond donors (Lipinski definition) is 1. The summed E-state index contributed by atoms with van der Waals surface area (Å²) in [6, 6.07) is 11.5. The van der Waals surface area contributed by atoms with E-state index in [1.165, 1.54) is 48.3 Å². The Morgan fingerprint density at radius 1 is 1.03 bits per heavy atom. The summed E-state index contributed by atoms with van der Waals surface area (Å²) in [4.78, 5) is 52.0. The van der Waals surface area contributed by atoms with Crippen LogP contribution in [-0.2, 0) is 23.9 Å². The molecule has 1 saturated heterocycles. The highest BCUT2D eigenvalue weighted by atomic mass is 35.5. The minimum atomic E-state index is -1.01. The van der Waals surface area contributed by atoms with Crippen LogP contribution in [0, 0.1) is 0 Å². The van der Waals surface area contributed by atoms with Crippen LogP contribution in [0.3, 0.4) is 0 Å². The van der Waals surface area contributed by atoms with Gasteiger partial charge in [0.2, 0.25) is 5.91 Å². The largest absolute Gasteiger partial charge is 0.468 e. The van der Waals surface area contributed by atoms with Crippen LogP contribution in [0.15, 0.2) is 48.5 Å². The van der Waals surface area contributed by atoms with Gasteiger partial charge in [-0.1, -0.05) is 11.6 Å². The molecule has 172 valence electrons. The number of ether oxygens (including phenoxy) is 2. The fourth-order valence-corrected chi connectivity index (χ4v) is 3.75. The van der Waals surface area contributed by atoms with Crippen LogP contribution in [0.25, 0.3) is 0 Å². The van der Waals surface area contributed by atoms with Gasteiger partial charge >= 0.3 is 11.9 Å². The van der Waals surface area contributed by atoms with Crippen molar-refractivity contribution in [3.63, 3.8) is 0 Å². The molecule has 9 nitrogen and oxygen atoms in total. The molecule has 1 atom stereocenters. The van der Waals surface area contributed by atoms with Crippen LogP contribution in [0.4, 0.5) is 11.4 Å². The van der Waals surface area contributed by atoms with Crippen molar-refractivity contribution >= 4 is 64.1 Å². The average molecular weight is 490 g/mol. The Hall–Kier alpha value is -3.50. The first-order valence-electron chi connectivity index (χ1n) is 9.70. The third-order valence-corrected chi connectivity index (χ3v) is 5.57. The second kappa shape index (κ2) is 10.4. The monoisotopic (exact) mass is 489 g/mol. The van der Waals surface area contributed by atoms with Crippen molar-refractivity contribution in [1.29, 1.82) is 0 Å². The molecule has 1 fully saturated rings. The summed E-state index contributed by atoms with van der Waals surface area (Å²) in [5, 5.41) is 3.23. The Labute approximate surface area is 200 Å². The van der Waals surface area contributed by atoms with Crippen molar-refractivity contribution in [2.45, 2.75) is 12.5 Å². The molecule has 2 aromatic rings. The van der Waals surface area contributed by atoms with Crippen molar-refractivity contribution in [3.05, 3.63) is 59.1 Å². The van der Waals surface area contributed by atoms with Gasteiger partial charge in [-0.25, -0.2) is 4.79 Å². The molecule has 3 rings (SSSR count). The lowest BCUT2D eigenvalue weighted by molar-refractivity contribution is -0.141. The highest BCUT2D eigenvalue weighted by Crippen LogP contribution is 2.28. The summed E-state index contributed by atoms with van der Waals surface area (Å²) in [5.74, 6) is -2.04. The fourth-order valence-electron chi connectivity index (χ4n) is 3.24. The first-order chi connectivity index (χ1) is 15.7. The van der Waals surface area contributed by atoms with Gasteiger partial charge in [-0.3, -0.25) is 19.3 Å². The highest BCUT2D eigenvalue weighted by Gasteiger charge is 2.45. The Morgan fingerprint density at radius 2 is 1.67 bits per heavy atom. The summed E-state index contributed by atoms with van der Waals surface area (Å²) in [7, 11) is 2.49. The zero-order valence-corrected chi connectivity index (χ0v) is 19.3. The first kappa shape index (κ1) is 24.1. The van der Waals surface area contributed by atoms with Gasteiger partial charge in [-0.05, 0) is 60.7 Å². The van der Waals surface area contributed by atoms with Crippen molar-refractivity contribution in [2.24, 2.45) is 0 Å². The van der Waals surface area contributed by atoms with Crippen LogP contribution < -0.4 is 10.2 Å². The number of carbonyl (C=O) groups is 4. The molecule has 0 radical (unpaired) electrons. The zero-order chi connectivity index (χ0) is 24.1. The lowest BCUT2D eigenvalue weighted by Crippen LogP contribution is -2.41. The van der Waals surface area contributed by atoms with Gasteiger partial charge in [-0.2, -0.15) is 0 Å². The topological polar surface area (TPSA) is 105 Å². The fraction of sp³-hybridized carbons (Fsp3) is 0.227. The lowest BCUT2D eigenvalue weighted by Gasteiger charge is -2.22. The Balaban J connectivity index is 1.79. The second-order valence-electron chi connectivity index (χ2n) is 6.97. The molecular formula is C22H20ClN3O6S. The summed E-state index contributed by atoms with van der Waals surface area (Å²) >= 11 is 11.4. The number of rotatable bonds is 7. The second-order valence-corrected chi connectivity index (χ2v) is 7.78. The van der Waals surface area contributed by atoms with Crippen LogP contribution in [-0.4, -0.2) is 60.6 Å². The third kappa shape index (κ3) is 5.47. The average Bonchev–Trinajstić information content (AvgIpc) is 3.03. The van der Waals surface area contributed by atoms with E-state index in [0.717, 1.165) is 0 Å². The zero-order valence-electron chi connectivity index (χ0n) is 17.7. The maximum Gasteiger partial charge on any atom is 0.337 e. The maximum atomic E-state index is 13.2. The van der Waals surface area contributed by atoms with E-state index in [0.29, 0.717) is 22.0 Å². The SMILES string of the molecule is COC(=O)CN1C(=S)N(c2ccc(Cl)cc2)C(=O)C1CC(=O)Nc1ccc(C(=O)OC)cc1. The molecular weight excluding hydrogens is 470 g/mol. The van der Waals surface area contributed by atoms with E-state index < -0.39 is 29.8 Å². The Morgan fingerprint density at radius 3 is 2.24 bits per heavy atom. The minimum absolute atomic E-state index is 0.0768.